The number of nitrogens with zero attached hydrogens (tertiary/aromatic N) is 4. The number of aromatic nitrogens is 4. The topological polar surface area (TPSA) is 76.9 Å². The van der Waals surface area contributed by atoms with Crippen molar-refractivity contribution in [3.63, 3.8) is 0 Å². The Labute approximate surface area is 194 Å². The average Bonchev–Trinajstić information content (AvgIpc) is 3.30. The summed E-state index contributed by atoms with van der Waals surface area (Å²) in [5.74, 6) is 0.656. The predicted molar refractivity (Wildman–Crippen MR) is 131 cm³/mol. The highest BCUT2D eigenvalue weighted by Gasteiger charge is 2.20. The van der Waals surface area contributed by atoms with Crippen LogP contribution < -0.4 is 15.4 Å². The number of hydrogen-bond donors (Lipinski definition) is 2. The van der Waals surface area contributed by atoms with Crippen molar-refractivity contribution < 1.29 is 4.74 Å². The minimum absolute atomic E-state index is 0.0605. The standard InChI is InChI=1S/C20H24N6O.C6H6/c1-14-3-4-15(8-22-14)5-6-21-11-18-12-23-19-7-16(9-24-20(19)27-18)17-10-25-26(2)13-17;1-2-4-6-5-3-1/h3-4,7-10,13,18,21,23H,5-6,11-12H2,1-2H3;1-6H. The lowest BCUT2D eigenvalue weighted by Gasteiger charge is -2.27. The molecule has 7 nitrogen and oxygen atoms in total. The van der Waals surface area contributed by atoms with Crippen LogP contribution in [0, 0.1) is 6.92 Å². The summed E-state index contributed by atoms with van der Waals surface area (Å²) in [5.41, 5.74) is 5.29. The van der Waals surface area contributed by atoms with Crippen LogP contribution in [0.2, 0.25) is 0 Å². The highest BCUT2D eigenvalue weighted by Crippen LogP contribution is 2.30. The average molecular weight is 443 g/mol. The third-order valence-electron chi connectivity index (χ3n) is 5.29. The van der Waals surface area contributed by atoms with Crippen molar-refractivity contribution in [3.05, 3.63) is 90.6 Å². The third-order valence-corrected chi connectivity index (χ3v) is 5.29. The van der Waals surface area contributed by atoms with E-state index in [-0.39, 0.29) is 6.10 Å². The molecule has 1 aliphatic heterocycles. The molecule has 0 saturated carbocycles. The summed E-state index contributed by atoms with van der Waals surface area (Å²) in [6, 6.07) is 18.2. The Balaban J connectivity index is 0.000000376. The monoisotopic (exact) mass is 442 g/mol. The van der Waals surface area contributed by atoms with E-state index in [1.165, 1.54) is 5.56 Å². The van der Waals surface area contributed by atoms with Crippen LogP contribution in [-0.4, -0.2) is 45.5 Å². The molecular weight excluding hydrogens is 412 g/mol. The molecular formula is C26H30N6O. The number of hydrogen-bond acceptors (Lipinski definition) is 6. The van der Waals surface area contributed by atoms with Gasteiger partial charge in [0.25, 0.3) is 0 Å². The molecule has 4 aromatic rings. The van der Waals surface area contributed by atoms with Gasteiger partial charge >= 0.3 is 0 Å². The van der Waals surface area contributed by atoms with E-state index in [9.17, 15) is 0 Å². The molecule has 2 N–H and O–H groups in total. The van der Waals surface area contributed by atoms with Crippen LogP contribution in [0.25, 0.3) is 11.1 Å². The molecule has 7 heteroatoms. The van der Waals surface area contributed by atoms with E-state index in [0.29, 0.717) is 5.88 Å². The minimum Gasteiger partial charge on any atom is -0.470 e. The smallest absolute Gasteiger partial charge is 0.237 e. The molecule has 1 atom stereocenters. The van der Waals surface area contributed by atoms with Gasteiger partial charge in [-0.15, -0.1) is 0 Å². The van der Waals surface area contributed by atoms with Crippen LogP contribution in [-0.2, 0) is 13.5 Å². The summed E-state index contributed by atoms with van der Waals surface area (Å²) in [7, 11) is 1.91. The number of pyridine rings is 2. The molecule has 0 bridgehead atoms. The minimum atomic E-state index is 0.0605. The van der Waals surface area contributed by atoms with E-state index < -0.39 is 0 Å². The third kappa shape index (κ3) is 6.63. The first kappa shape index (κ1) is 22.5. The second-order valence-corrected chi connectivity index (χ2v) is 8.02. The fourth-order valence-electron chi connectivity index (χ4n) is 3.47. The zero-order chi connectivity index (χ0) is 22.9. The lowest BCUT2D eigenvalue weighted by molar-refractivity contribution is 0.194. The van der Waals surface area contributed by atoms with Crippen molar-refractivity contribution in [2.75, 3.05) is 25.0 Å². The summed E-state index contributed by atoms with van der Waals surface area (Å²) in [4.78, 5) is 8.81. The molecule has 1 unspecified atom stereocenters. The van der Waals surface area contributed by atoms with Crippen LogP contribution in [0.5, 0.6) is 5.88 Å². The highest BCUT2D eigenvalue weighted by atomic mass is 16.5. The Bertz CT molecular complexity index is 1100. The zero-order valence-corrected chi connectivity index (χ0v) is 19.1. The van der Waals surface area contributed by atoms with Gasteiger partial charge in [0, 0.05) is 49.0 Å². The SMILES string of the molecule is Cc1ccc(CCNCC2CNc3cc(-c4cnn(C)c4)cnc3O2)cn1.c1ccccc1. The fraction of sp³-hybridized carbons (Fsp3) is 0.269. The van der Waals surface area contributed by atoms with Gasteiger partial charge in [-0.2, -0.15) is 5.10 Å². The van der Waals surface area contributed by atoms with Crippen LogP contribution >= 0.6 is 0 Å². The Morgan fingerprint density at radius 3 is 2.48 bits per heavy atom. The molecule has 0 radical (unpaired) electrons. The van der Waals surface area contributed by atoms with Crippen molar-refractivity contribution in [1.29, 1.82) is 0 Å². The van der Waals surface area contributed by atoms with E-state index in [1.807, 2.05) is 81.2 Å². The Kier molecular flexibility index (Phi) is 7.66. The van der Waals surface area contributed by atoms with E-state index in [0.717, 1.165) is 48.6 Å². The number of benzene rings is 1. The van der Waals surface area contributed by atoms with Gasteiger partial charge in [-0.3, -0.25) is 9.67 Å². The molecule has 3 aromatic heterocycles. The number of ether oxygens (including phenoxy) is 1. The van der Waals surface area contributed by atoms with Crippen molar-refractivity contribution in [2.24, 2.45) is 7.05 Å². The Morgan fingerprint density at radius 2 is 1.82 bits per heavy atom. The van der Waals surface area contributed by atoms with Gasteiger partial charge in [-0.1, -0.05) is 42.5 Å². The Hall–Kier alpha value is -3.71. The van der Waals surface area contributed by atoms with E-state index >= 15 is 0 Å². The summed E-state index contributed by atoms with van der Waals surface area (Å²) in [6.07, 6.45) is 8.60. The number of fused-ring (bicyclic) bond motifs is 1. The van der Waals surface area contributed by atoms with Gasteiger partial charge in [-0.05, 0) is 37.6 Å². The summed E-state index contributed by atoms with van der Waals surface area (Å²) >= 11 is 0. The van der Waals surface area contributed by atoms with E-state index in [2.05, 4.69) is 37.8 Å². The first-order chi connectivity index (χ1) is 16.2. The van der Waals surface area contributed by atoms with Gasteiger partial charge in [0.1, 0.15) is 6.10 Å². The van der Waals surface area contributed by atoms with E-state index in [1.54, 1.807) is 4.68 Å². The maximum absolute atomic E-state index is 6.03. The molecule has 0 spiro atoms. The molecule has 0 fully saturated rings. The zero-order valence-electron chi connectivity index (χ0n) is 19.1. The van der Waals surface area contributed by atoms with Crippen molar-refractivity contribution in [1.82, 2.24) is 25.1 Å². The van der Waals surface area contributed by atoms with Crippen LogP contribution in [0.4, 0.5) is 5.69 Å². The molecule has 0 aliphatic carbocycles. The molecule has 1 aromatic carbocycles. The van der Waals surface area contributed by atoms with Crippen molar-refractivity contribution >= 4 is 5.69 Å². The van der Waals surface area contributed by atoms with Crippen molar-refractivity contribution in [2.45, 2.75) is 19.4 Å². The van der Waals surface area contributed by atoms with Gasteiger partial charge in [0.2, 0.25) is 5.88 Å². The van der Waals surface area contributed by atoms with Crippen LogP contribution in [0.3, 0.4) is 0 Å². The second kappa shape index (κ2) is 11.2. The molecule has 4 heterocycles. The van der Waals surface area contributed by atoms with Gasteiger partial charge < -0.3 is 15.4 Å². The van der Waals surface area contributed by atoms with Crippen LogP contribution in [0.15, 0.2) is 79.4 Å². The fourth-order valence-corrected chi connectivity index (χ4v) is 3.47. The van der Waals surface area contributed by atoms with Crippen LogP contribution in [0.1, 0.15) is 11.3 Å². The van der Waals surface area contributed by atoms with Gasteiger partial charge in [0.15, 0.2) is 0 Å². The summed E-state index contributed by atoms with van der Waals surface area (Å²) in [5, 5.41) is 11.1. The number of anilines is 1. The van der Waals surface area contributed by atoms with Crippen molar-refractivity contribution in [3.8, 4) is 17.0 Å². The molecule has 33 heavy (non-hydrogen) atoms. The maximum atomic E-state index is 6.03. The molecule has 170 valence electrons. The second-order valence-electron chi connectivity index (χ2n) is 8.02. The molecule has 5 rings (SSSR count). The lowest BCUT2D eigenvalue weighted by atomic mass is 10.1. The maximum Gasteiger partial charge on any atom is 0.237 e. The largest absolute Gasteiger partial charge is 0.470 e. The number of nitrogens with one attached hydrogen (secondary N) is 2. The molecule has 0 saturated heterocycles. The van der Waals surface area contributed by atoms with Gasteiger partial charge in [-0.25, -0.2) is 4.98 Å². The quantitative estimate of drug-likeness (QED) is 0.442. The predicted octanol–water partition coefficient (Wildman–Crippen LogP) is 3.88. The lowest BCUT2D eigenvalue weighted by Crippen LogP contribution is -2.40. The van der Waals surface area contributed by atoms with Gasteiger partial charge in [0.05, 0.1) is 18.4 Å². The normalized spacial score (nSPS) is 14.3. The first-order valence-corrected chi connectivity index (χ1v) is 11.2. The number of aryl methyl sites for hydroxylation is 2. The Morgan fingerprint density at radius 1 is 1.03 bits per heavy atom. The molecule has 0 amide bonds. The molecule has 1 aliphatic rings. The highest BCUT2D eigenvalue weighted by molar-refractivity contribution is 5.69. The summed E-state index contributed by atoms with van der Waals surface area (Å²) < 4.78 is 7.81. The number of rotatable bonds is 6. The first-order valence-electron chi connectivity index (χ1n) is 11.2. The summed E-state index contributed by atoms with van der Waals surface area (Å²) in [6.45, 7) is 4.42. The van der Waals surface area contributed by atoms with E-state index in [4.69, 9.17) is 4.74 Å².